The first-order valence-electron chi connectivity index (χ1n) is 8.98. The van der Waals surface area contributed by atoms with Gasteiger partial charge in [-0.15, -0.1) is 0 Å². The number of carbonyl (C=O) groups is 2. The van der Waals surface area contributed by atoms with Crippen molar-refractivity contribution in [2.45, 2.75) is 4.90 Å². The molecular formula is C19H17Cl2FN2O6S. The third-order valence-corrected chi connectivity index (χ3v) is 6.82. The topological polar surface area (TPSA) is 102 Å². The minimum absolute atomic E-state index is 0.0309. The van der Waals surface area contributed by atoms with Crippen molar-refractivity contribution in [1.82, 2.24) is 4.31 Å². The molecule has 1 heterocycles. The van der Waals surface area contributed by atoms with Gasteiger partial charge in [0.15, 0.2) is 6.61 Å². The summed E-state index contributed by atoms with van der Waals surface area (Å²) in [5, 5.41) is 2.18. The molecule has 0 radical (unpaired) electrons. The van der Waals surface area contributed by atoms with Crippen LogP contribution in [0.5, 0.6) is 0 Å². The van der Waals surface area contributed by atoms with Crippen molar-refractivity contribution in [1.29, 1.82) is 0 Å². The molecule has 0 spiro atoms. The lowest BCUT2D eigenvalue weighted by molar-refractivity contribution is -0.119. The molecule has 12 heteroatoms. The fourth-order valence-corrected chi connectivity index (χ4v) is 4.55. The Kier molecular flexibility index (Phi) is 7.50. The second-order valence-electron chi connectivity index (χ2n) is 6.41. The number of halogens is 3. The van der Waals surface area contributed by atoms with Crippen LogP contribution < -0.4 is 5.32 Å². The van der Waals surface area contributed by atoms with E-state index in [0.29, 0.717) is 0 Å². The summed E-state index contributed by atoms with van der Waals surface area (Å²) in [6.45, 7) is 0.257. The van der Waals surface area contributed by atoms with E-state index in [9.17, 15) is 22.4 Å². The number of rotatable bonds is 6. The Morgan fingerprint density at radius 3 is 2.48 bits per heavy atom. The zero-order valence-electron chi connectivity index (χ0n) is 15.9. The van der Waals surface area contributed by atoms with E-state index in [1.165, 1.54) is 28.6 Å². The molecule has 1 amide bonds. The van der Waals surface area contributed by atoms with Gasteiger partial charge in [-0.1, -0.05) is 23.2 Å². The molecule has 0 aromatic heterocycles. The lowest BCUT2D eigenvalue weighted by Gasteiger charge is -2.26. The number of hydrogen-bond acceptors (Lipinski definition) is 6. The molecule has 0 bridgehead atoms. The summed E-state index contributed by atoms with van der Waals surface area (Å²) >= 11 is 11.7. The molecule has 2 aromatic rings. The van der Waals surface area contributed by atoms with E-state index in [4.69, 9.17) is 32.7 Å². The highest BCUT2D eigenvalue weighted by atomic mass is 35.5. The minimum Gasteiger partial charge on any atom is -0.452 e. The Balaban J connectivity index is 1.67. The van der Waals surface area contributed by atoms with Gasteiger partial charge in [0, 0.05) is 18.8 Å². The Morgan fingerprint density at radius 2 is 1.81 bits per heavy atom. The highest BCUT2D eigenvalue weighted by Crippen LogP contribution is 2.24. The fourth-order valence-electron chi connectivity index (χ4n) is 2.74. The third-order valence-electron chi connectivity index (χ3n) is 4.30. The Morgan fingerprint density at radius 1 is 1.10 bits per heavy atom. The first-order valence-corrected chi connectivity index (χ1v) is 11.2. The average molecular weight is 491 g/mol. The van der Waals surface area contributed by atoms with Gasteiger partial charge in [-0.25, -0.2) is 17.6 Å². The van der Waals surface area contributed by atoms with Gasteiger partial charge in [-0.3, -0.25) is 4.79 Å². The zero-order valence-corrected chi connectivity index (χ0v) is 18.3. The number of benzene rings is 2. The summed E-state index contributed by atoms with van der Waals surface area (Å²) in [4.78, 5) is 24.3. The van der Waals surface area contributed by atoms with Gasteiger partial charge in [0.2, 0.25) is 10.0 Å². The van der Waals surface area contributed by atoms with Crippen molar-refractivity contribution < 1.29 is 31.9 Å². The molecule has 1 aliphatic rings. The maximum atomic E-state index is 13.2. The fraction of sp³-hybridized carbons (Fsp3) is 0.263. The molecule has 1 N–H and O–H groups in total. The Labute approximate surface area is 187 Å². The van der Waals surface area contributed by atoms with Crippen LogP contribution in [0.1, 0.15) is 10.4 Å². The molecule has 0 unspecified atom stereocenters. The maximum absolute atomic E-state index is 13.2. The molecule has 3 rings (SSSR count). The van der Waals surface area contributed by atoms with Crippen molar-refractivity contribution in [2.75, 3.05) is 38.2 Å². The van der Waals surface area contributed by atoms with Crippen molar-refractivity contribution >= 4 is 50.8 Å². The SMILES string of the molecule is O=C(COC(=O)c1cc(S(=O)(=O)N2CCOCC2)ccc1Cl)Nc1ccc(F)c(Cl)c1. The van der Waals surface area contributed by atoms with Crippen LogP contribution in [0, 0.1) is 5.82 Å². The van der Waals surface area contributed by atoms with Gasteiger partial charge in [0.25, 0.3) is 5.91 Å². The van der Waals surface area contributed by atoms with Crippen LogP contribution in [0.25, 0.3) is 0 Å². The lowest BCUT2D eigenvalue weighted by atomic mass is 10.2. The summed E-state index contributed by atoms with van der Waals surface area (Å²) in [6.07, 6.45) is 0. The number of amides is 1. The van der Waals surface area contributed by atoms with E-state index in [2.05, 4.69) is 5.32 Å². The molecule has 2 aromatic carbocycles. The van der Waals surface area contributed by atoms with Crippen LogP contribution in [-0.4, -0.2) is 57.5 Å². The van der Waals surface area contributed by atoms with Gasteiger partial charge < -0.3 is 14.8 Å². The molecule has 31 heavy (non-hydrogen) atoms. The summed E-state index contributed by atoms with van der Waals surface area (Å²) in [5.41, 5.74) is 0.0118. The molecule has 8 nitrogen and oxygen atoms in total. The number of nitrogens with zero attached hydrogens (tertiary/aromatic N) is 1. The first kappa shape index (κ1) is 23.4. The zero-order chi connectivity index (χ0) is 22.6. The van der Waals surface area contributed by atoms with E-state index >= 15 is 0 Å². The summed E-state index contributed by atoms with van der Waals surface area (Å²) < 4.78 is 50.0. The molecule has 1 aliphatic heterocycles. The predicted molar refractivity (Wildman–Crippen MR) is 111 cm³/mol. The van der Waals surface area contributed by atoms with Crippen LogP contribution in [0.2, 0.25) is 10.0 Å². The summed E-state index contributed by atoms with van der Waals surface area (Å²) in [5.74, 6) is -2.33. The highest BCUT2D eigenvalue weighted by Gasteiger charge is 2.28. The number of hydrogen-bond donors (Lipinski definition) is 1. The normalized spacial score (nSPS) is 14.8. The average Bonchev–Trinajstić information content (AvgIpc) is 2.75. The molecule has 1 saturated heterocycles. The molecule has 1 fully saturated rings. The van der Waals surface area contributed by atoms with Gasteiger partial charge in [-0.05, 0) is 36.4 Å². The van der Waals surface area contributed by atoms with Crippen LogP contribution in [-0.2, 0) is 24.3 Å². The van der Waals surface area contributed by atoms with Crippen LogP contribution in [0.3, 0.4) is 0 Å². The highest BCUT2D eigenvalue weighted by molar-refractivity contribution is 7.89. The predicted octanol–water partition coefficient (Wildman–Crippen LogP) is 2.95. The van der Waals surface area contributed by atoms with Gasteiger partial charge >= 0.3 is 5.97 Å². The molecule has 0 atom stereocenters. The first-order chi connectivity index (χ1) is 14.7. The number of nitrogens with one attached hydrogen (secondary N) is 1. The number of morpholine rings is 1. The van der Waals surface area contributed by atoms with E-state index in [0.717, 1.165) is 12.1 Å². The number of carbonyl (C=O) groups excluding carboxylic acids is 2. The van der Waals surface area contributed by atoms with Crippen LogP contribution in [0.4, 0.5) is 10.1 Å². The number of esters is 1. The molecular weight excluding hydrogens is 474 g/mol. The maximum Gasteiger partial charge on any atom is 0.340 e. The lowest BCUT2D eigenvalue weighted by Crippen LogP contribution is -2.40. The van der Waals surface area contributed by atoms with Gasteiger partial charge in [0.1, 0.15) is 5.82 Å². The summed E-state index contributed by atoms with van der Waals surface area (Å²) in [6, 6.07) is 7.23. The Hall–Kier alpha value is -2.24. The largest absolute Gasteiger partial charge is 0.452 e. The number of sulfonamides is 1. The molecule has 166 valence electrons. The minimum atomic E-state index is -3.85. The smallest absolute Gasteiger partial charge is 0.340 e. The van der Waals surface area contributed by atoms with Crippen molar-refractivity contribution in [3.63, 3.8) is 0 Å². The second-order valence-corrected chi connectivity index (χ2v) is 9.16. The number of ether oxygens (including phenoxy) is 2. The van der Waals surface area contributed by atoms with E-state index in [1.807, 2.05) is 0 Å². The third kappa shape index (κ3) is 5.72. The second kappa shape index (κ2) is 9.92. The van der Waals surface area contributed by atoms with Gasteiger partial charge in [-0.2, -0.15) is 4.31 Å². The standard InChI is InChI=1S/C19H17Cl2FN2O6S/c20-15-3-2-13(31(27,28)24-5-7-29-8-6-24)10-14(15)19(26)30-11-18(25)23-12-1-4-17(22)16(21)9-12/h1-4,9-10H,5-8,11H2,(H,23,25). The van der Waals surface area contributed by atoms with Gasteiger partial charge in [0.05, 0.1) is 33.7 Å². The van der Waals surface area contributed by atoms with Crippen molar-refractivity contribution in [3.8, 4) is 0 Å². The molecule has 0 aliphatic carbocycles. The van der Waals surface area contributed by atoms with E-state index in [1.54, 1.807) is 0 Å². The number of anilines is 1. The van der Waals surface area contributed by atoms with Crippen LogP contribution >= 0.6 is 23.2 Å². The van der Waals surface area contributed by atoms with E-state index in [-0.39, 0.29) is 52.5 Å². The van der Waals surface area contributed by atoms with Crippen LogP contribution in [0.15, 0.2) is 41.3 Å². The summed E-state index contributed by atoms with van der Waals surface area (Å²) in [7, 11) is -3.85. The monoisotopic (exact) mass is 490 g/mol. The van der Waals surface area contributed by atoms with Crippen molar-refractivity contribution in [2.24, 2.45) is 0 Å². The quantitative estimate of drug-likeness (QED) is 0.624. The Bertz CT molecular complexity index is 1110. The van der Waals surface area contributed by atoms with E-state index < -0.39 is 34.3 Å². The molecule has 0 saturated carbocycles. The van der Waals surface area contributed by atoms with Crippen molar-refractivity contribution in [3.05, 3.63) is 57.8 Å².